The third-order valence-corrected chi connectivity index (χ3v) is 4.14. The maximum absolute atomic E-state index is 11.7. The van der Waals surface area contributed by atoms with Crippen molar-refractivity contribution in [3.63, 3.8) is 0 Å². The number of guanidine groups is 1. The molecule has 0 saturated carbocycles. The summed E-state index contributed by atoms with van der Waals surface area (Å²) in [5, 5.41) is 2.77. The summed E-state index contributed by atoms with van der Waals surface area (Å²) in [5.41, 5.74) is 11.0. The van der Waals surface area contributed by atoms with Crippen LogP contribution in [0.1, 0.15) is 15.4 Å². The molecule has 0 spiro atoms. The Kier molecular flexibility index (Phi) is 3.21. The van der Waals surface area contributed by atoms with Crippen LogP contribution in [-0.4, -0.2) is 16.9 Å². The molecule has 0 atom stereocenters. The number of thiophene rings is 1. The van der Waals surface area contributed by atoms with E-state index in [1.54, 1.807) is 18.3 Å². The predicted octanol–water partition coefficient (Wildman–Crippen LogP) is 1.59. The number of aromatic nitrogens is 1. The lowest BCUT2D eigenvalue weighted by Gasteiger charge is -1.91. The van der Waals surface area contributed by atoms with E-state index in [0.717, 1.165) is 9.88 Å². The van der Waals surface area contributed by atoms with Gasteiger partial charge in [0.05, 0.1) is 10.6 Å². The van der Waals surface area contributed by atoms with Crippen LogP contribution in [0.4, 0.5) is 0 Å². The third-order valence-electron chi connectivity index (χ3n) is 1.95. The Hall–Kier alpha value is -1.73. The molecule has 2 heterocycles. The highest BCUT2D eigenvalue weighted by Crippen LogP contribution is 2.31. The molecule has 88 valence electrons. The molecule has 0 aliphatic carbocycles. The average Bonchev–Trinajstić information content (AvgIpc) is 2.84. The smallest absolute Gasteiger partial charge is 0.292 e. The largest absolute Gasteiger partial charge is 0.370 e. The Morgan fingerprint density at radius 3 is 2.82 bits per heavy atom. The van der Waals surface area contributed by atoms with Gasteiger partial charge < -0.3 is 11.5 Å². The predicted molar refractivity (Wildman–Crippen MR) is 70.3 cm³/mol. The molecule has 0 fully saturated rings. The molecule has 0 aromatic carbocycles. The van der Waals surface area contributed by atoms with Gasteiger partial charge in [0.1, 0.15) is 9.88 Å². The fourth-order valence-electron chi connectivity index (χ4n) is 1.27. The van der Waals surface area contributed by atoms with Crippen molar-refractivity contribution in [3.05, 3.63) is 28.1 Å². The summed E-state index contributed by atoms with van der Waals surface area (Å²) in [6, 6.07) is 3.89. The van der Waals surface area contributed by atoms with Gasteiger partial charge in [0.25, 0.3) is 5.91 Å². The quantitative estimate of drug-likeness (QED) is 0.637. The van der Waals surface area contributed by atoms with Crippen molar-refractivity contribution in [3.8, 4) is 9.88 Å². The highest BCUT2D eigenvalue weighted by molar-refractivity contribution is 7.22. The summed E-state index contributed by atoms with van der Waals surface area (Å²) in [7, 11) is 0. The molecule has 2 rings (SSSR count). The zero-order valence-electron chi connectivity index (χ0n) is 9.01. The van der Waals surface area contributed by atoms with Crippen molar-refractivity contribution < 1.29 is 4.79 Å². The van der Waals surface area contributed by atoms with Gasteiger partial charge in [-0.2, -0.15) is 4.99 Å². The number of carbonyl (C=O) groups excluding carboxylic acids is 1. The van der Waals surface area contributed by atoms with Crippen molar-refractivity contribution in [2.45, 2.75) is 6.92 Å². The van der Waals surface area contributed by atoms with Gasteiger partial charge in [-0.1, -0.05) is 6.07 Å². The van der Waals surface area contributed by atoms with Crippen LogP contribution in [0.3, 0.4) is 0 Å². The number of nitrogens with zero attached hydrogens (tertiary/aromatic N) is 2. The van der Waals surface area contributed by atoms with Crippen molar-refractivity contribution in [2.75, 3.05) is 0 Å². The lowest BCUT2D eigenvalue weighted by molar-refractivity contribution is 0.101. The Labute approximate surface area is 106 Å². The number of nitrogens with two attached hydrogens (primary N) is 2. The summed E-state index contributed by atoms with van der Waals surface area (Å²) in [6.07, 6.45) is 0. The highest BCUT2D eigenvalue weighted by Gasteiger charge is 2.16. The monoisotopic (exact) mass is 266 g/mol. The summed E-state index contributed by atoms with van der Waals surface area (Å²) in [4.78, 5) is 21.0. The van der Waals surface area contributed by atoms with Crippen molar-refractivity contribution >= 4 is 34.5 Å². The second-order valence-electron chi connectivity index (χ2n) is 3.25. The number of aryl methyl sites for hydroxylation is 1. The van der Waals surface area contributed by atoms with E-state index in [2.05, 4.69) is 9.98 Å². The van der Waals surface area contributed by atoms with E-state index in [1.165, 1.54) is 11.3 Å². The van der Waals surface area contributed by atoms with E-state index in [-0.39, 0.29) is 5.96 Å². The Morgan fingerprint density at radius 1 is 1.47 bits per heavy atom. The molecule has 2 aromatic heterocycles. The first-order valence-electron chi connectivity index (χ1n) is 4.73. The molecule has 7 heteroatoms. The fourth-order valence-corrected chi connectivity index (χ4v) is 3.02. The molecule has 17 heavy (non-hydrogen) atoms. The molecule has 2 aromatic rings. The number of rotatable bonds is 2. The maximum Gasteiger partial charge on any atom is 0.292 e. The molecule has 0 unspecified atom stereocenters. The molecule has 1 amide bonds. The van der Waals surface area contributed by atoms with E-state index in [4.69, 9.17) is 11.5 Å². The highest BCUT2D eigenvalue weighted by atomic mass is 32.1. The Morgan fingerprint density at radius 2 is 2.24 bits per heavy atom. The summed E-state index contributed by atoms with van der Waals surface area (Å²) in [6.45, 7) is 1.77. The maximum atomic E-state index is 11.7. The number of carbonyl (C=O) groups is 1. The SMILES string of the molecule is Cc1nc(-c2cccs2)sc1C(=O)N=C(N)N. The van der Waals surface area contributed by atoms with Gasteiger partial charge in [-0.3, -0.25) is 4.79 Å². The Bertz CT molecular complexity index is 567. The number of aliphatic imine (C=N–C) groups is 1. The van der Waals surface area contributed by atoms with E-state index in [0.29, 0.717) is 10.6 Å². The van der Waals surface area contributed by atoms with E-state index < -0.39 is 5.91 Å². The summed E-state index contributed by atoms with van der Waals surface area (Å²) >= 11 is 2.87. The number of hydrogen-bond donors (Lipinski definition) is 2. The lowest BCUT2D eigenvalue weighted by atomic mass is 10.4. The van der Waals surface area contributed by atoms with Gasteiger partial charge in [0, 0.05) is 0 Å². The minimum atomic E-state index is -0.442. The van der Waals surface area contributed by atoms with Crippen LogP contribution >= 0.6 is 22.7 Å². The molecule has 0 bridgehead atoms. The summed E-state index contributed by atoms with van der Waals surface area (Å²) < 4.78 is 0. The first-order valence-corrected chi connectivity index (χ1v) is 6.43. The van der Waals surface area contributed by atoms with Gasteiger partial charge in [0.2, 0.25) is 0 Å². The molecular weight excluding hydrogens is 256 g/mol. The second-order valence-corrected chi connectivity index (χ2v) is 5.20. The molecule has 0 aliphatic heterocycles. The zero-order valence-corrected chi connectivity index (χ0v) is 10.6. The van der Waals surface area contributed by atoms with Crippen molar-refractivity contribution in [1.29, 1.82) is 0 Å². The van der Waals surface area contributed by atoms with Crippen LogP contribution in [0.5, 0.6) is 0 Å². The third kappa shape index (κ3) is 2.51. The minimum absolute atomic E-state index is 0.236. The van der Waals surface area contributed by atoms with Gasteiger partial charge in [-0.15, -0.1) is 22.7 Å². The fraction of sp³-hybridized carbons (Fsp3) is 0.100. The molecule has 0 radical (unpaired) electrons. The average molecular weight is 266 g/mol. The van der Waals surface area contributed by atoms with Crippen molar-refractivity contribution in [1.82, 2.24) is 4.98 Å². The second kappa shape index (κ2) is 4.64. The molecule has 0 aliphatic rings. The van der Waals surface area contributed by atoms with E-state index in [1.807, 2.05) is 17.5 Å². The normalized spacial score (nSPS) is 10.2. The van der Waals surface area contributed by atoms with Gasteiger partial charge in [-0.05, 0) is 18.4 Å². The lowest BCUT2D eigenvalue weighted by Crippen LogP contribution is -2.24. The van der Waals surface area contributed by atoms with Crippen LogP contribution in [-0.2, 0) is 0 Å². The first-order chi connectivity index (χ1) is 8.08. The standard InChI is InChI=1S/C10H10N4OS2/c1-5-7(8(15)14-10(11)12)17-9(13-5)6-3-2-4-16-6/h2-4H,1H3,(H4,11,12,14,15). The first kappa shape index (κ1) is 11.7. The molecular formula is C10H10N4OS2. The van der Waals surface area contributed by atoms with Crippen LogP contribution in [0.2, 0.25) is 0 Å². The van der Waals surface area contributed by atoms with Crippen LogP contribution < -0.4 is 11.5 Å². The van der Waals surface area contributed by atoms with Crippen LogP contribution in [0, 0.1) is 6.92 Å². The molecule has 5 nitrogen and oxygen atoms in total. The van der Waals surface area contributed by atoms with Gasteiger partial charge >= 0.3 is 0 Å². The van der Waals surface area contributed by atoms with Crippen LogP contribution in [0.25, 0.3) is 9.88 Å². The van der Waals surface area contributed by atoms with Gasteiger partial charge in [0.15, 0.2) is 5.96 Å². The number of hydrogen-bond acceptors (Lipinski definition) is 4. The van der Waals surface area contributed by atoms with Crippen LogP contribution in [0.15, 0.2) is 22.5 Å². The minimum Gasteiger partial charge on any atom is -0.370 e. The zero-order chi connectivity index (χ0) is 12.4. The summed E-state index contributed by atoms with van der Waals surface area (Å²) in [5.74, 6) is -0.678. The molecule has 0 saturated heterocycles. The number of thiazole rings is 1. The van der Waals surface area contributed by atoms with Gasteiger partial charge in [-0.25, -0.2) is 4.98 Å². The molecule has 4 N–H and O–H groups in total. The number of amides is 1. The Balaban J connectivity index is 2.38. The van der Waals surface area contributed by atoms with E-state index in [9.17, 15) is 4.79 Å². The van der Waals surface area contributed by atoms with E-state index >= 15 is 0 Å². The van der Waals surface area contributed by atoms with Crippen molar-refractivity contribution in [2.24, 2.45) is 16.5 Å². The topological polar surface area (TPSA) is 94.4 Å².